The lowest BCUT2D eigenvalue weighted by atomic mass is 10.1. The quantitative estimate of drug-likeness (QED) is 0.375. The van der Waals surface area contributed by atoms with Crippen molar-refractivity contribution in [1.82, 2.24) is 0 Å². The second-order valence-electron chi connectivity index (χ2n) is 3.53. The topological polar surface area (TPSA) is 9.23 Å². The fourth-order valence-corrected chi connectivity index (χ4v) is 1.82. The highest BCUT2D eigenvalue weighted by Gasteiger charge is 2.11. The summed E-state index contributed by atoms with van der Waals surface area (Å²) in [6.07, 6.45) is 9.57. The van der Waals surface area contributed by atoms with Gasteiger partial charge in [-0.1, -0.05) is 25.7 Å². The van der Waals surface area contributed by atoms with E-state index in [1.807, 2.05) is 0 Å². The van der Waals surface area contributed by atoms with Crippen molar-refractivity contribution in [3.63, 3.8) is 0 Å². The summed E-state index contributed by atoms with van der Waals surface area (Å²) >= 11 is 5.57. The first-order chi connectivity index (χ1) is 5.93. The molecule has 0 aromatic rings. The van der Waals surface area contributed by atoms with E-state index >= 15 is 0 Å². The molecule has 0 heterocycles. The molecule has 0 saturated heterocycles. The van der Waals surface area contributed by atoms with Gasteiger partial charge in [-0.25, -0.2) is 0 Å². The van der Waals surface area contributed by atoms with Crippen molar-refractivity contribution in [2.75, 3.05) is 12.5 Å². The van der Waals surface area contributed by atoms with Crippen LogP contribution in [0.1, 0.15) is 44.9 Å². The number of hydrogen-bond acceptors (Lipinski definition) is 1. The van der Waals surface area contributed by atoms with Gasteiger partial charge in [-0.05, 0) is 19.3 Å². The summed E-state index contributed by atoms with van der Waals surface area (Å²) in [4.78, 5) is 0. The third kappa shape index (κ3) is 4.32. The van der Waals surface area contributed by atoms with E-state index in [1.54, 1.807) is 0 Å². The lowest BCUT2D eigenvalue weighted by Crippen LogP contribution is -2.12. The number of hydrogen-bond donors (Lipinski definition) is 0. The van der Waals surface area contributed by atoms with Crippen LogP contribution in [-0.4, -0.2) is 18.6 Å². The van der Waals surface area contributed by atoms with Crippen LogP contribution >= 0.6 is 11.6 Å². The molecule has 1 fully saturated rings. The fourth-order valence-electron chi connectivity index (χ4n) is 1.71. The van der Waals surface area contributed by atoms with Crippen LogP contribution < -0.4 is 0 Å². The second kappa shape index (κ2) is 6.73. The van der Waals surface area contributed by atoms with Crippen LogP contribution in [0.25, 0.3) is 0 Å². The third-order valence-corrected chi connectivity index (χ3v) is 2.70. The van der Waals surface area contributed by atoms with Gasteiger partial charge in [0, 0.05) is 12.5 Å². The van der Waals surface area contributed by atoms with Crippen molar-refractivity contribution in [3.8, 4) is 0 Å². The molecule has 1 aliphatic rings. The maximum atomic E-state index is 5.72. The van der Waals surface area contributed by atoms with Crippen molar-refractivity contribution in [3.05, 3.63) is 0 Å². The molecule has 72 valence electrons. The maximum absolute atomic E-state index is 5.72. The van der Waals surface area contributed by atoms with Gasteiger partial charge < -0.3 is 4.74 Å². The summed E-state index contributed by atoms with van der Waals surface area (Å²) in [5, 5.41) is 0. The summed E-state index contributed by atoms with van der Waals surface area (Å²) in [5.41, 5.74) is 0. The van der Waals surface area contributed by atoms with E-state index < -0.39 is 0 Å². The molecule has 2 heteroatoms. The fraction of sp³-hybridized carbons (Fsp3) is 1.00. The van der Waals surface area contributed by atoms with E-state index in [9.17, 15) is 0 Å². The Morgan fingerprint density at radius 2 is 1.75 bits per heavy atom. The van der Waals surface area contributed by atoms with Crippen molar-refractivity contribution in [1.29, 1.82) is 0 Å². The second-order valence-corrected chi connectivity index (χ2v) is 3.90. The monoisotopic (exact) mass is 190 g/mol. The molecule has 12 heavy (non-hydrogen) atoms. The normalized spacial score (nSPS) is 20.8. The minimum Gasteiger partial charge on any atom is -0.378 e. The Bertz CT molecular complexity index is 98.0. The maximum Gasteiger partial charge on any atom is 0.0575 e. The van der Waals surface area contributed by atoms with Crippen LogP contribution in [0.2, 0.25) is 0 Å². The largest absolute Gasteiger partial charge is 0.378 e. The molecule has 0 unspecified atom stereocenters. The first-order valence-corrected chi connectivity index (χ1v) is 5.64. The number of halogens is 1. The van der Waals surface area contributed by atoms with E-state index in [0.29, 0.717) is 6.10 Å². The molecular formula is C10H19ClO. The Morgan fingerprint density at radius 3 is 2.33 bits per heavy atom. The average molecular weight is 191 g/mol. The van der Waals surface area contributed by atoms with Gasteiger partial charge in [-0.3, -0.25) is 0 Å². The highest BCUT2D eigenvalue weighted by Crippen LogP contribution is 2.19. The molecule has 1 saturated carbocycles. The molecule has 0 amide bonds. The molecule has 1 nitrogen and oxygen atoms in total. The zero-order valence-electron chi connectivity index (χ0n) is 7.73. The summed E-state index contributed by atoms with van der Waals surface area (Å²) in [6, 6.07) is 0. The molecule has 1 aliphatic carbocycles. The van der Waals surface area contributed by atoms with Gasteiger partial charge >= 0.3 is 0 Å². The van der Waals surface area contributed by atoms with Gasteiger partial charge in [0.1, 0.15) is 0 Å². The molecule has 0 aliphatic heterocycles. The molecule has 0 aromatic carbocycles. The average Bonchev–Trinajstić information content (AvgIpc) is 2.33. The number of alkyl halides is 1. The van der Waals surface area contributed by atoms with Crippen LogP contribution in [-0.2, 0) is 4.74 Å². The Morgan fingerprint density at radius 1 is 1.08 bits per heavy atom. The van der Waals surface area contributed by atoms with E-state index in [4.69, 9.17) is 16.3 Å². The van der Waals surface area contributed by atoms with Crippen molar-refractivity contribution >= 4 is 11.6 Å². The molecule has 0 atom stereocenters. The van der Waals surface area contributed by atoms with Crippen LogP contribution in [0.15, 0.2) is 0 Å². The van der Waals surface area contributed by atoms with Crippen LogP contribution in [0, 0.1) is 0 Å². The molecule has 0 spiro atoms. The Balaban J connectivity index is 2.04. The van der Waals surface area contributed by atoms with Crippen molar-refractivity contribution in [2.24, 2.45) is 0 Å². The van der Waals surface area contributed by atoms with Gasteiger partial charge in [0.25, 0.3) is 0 Å². The Labute approximate surface area is 80.4 Å². The Hall–Kier alpha value is 0.250. The number of rotatable bonds is 4. The Kier molecular flexibility index (Phi) is 5.80. The van der Waals surface area contributed by atoms with E-state index in [1.165, 1.54) is 38.5 Å². The third-order valence-electron chi connectivity index (χ3n) is 2.43. The minimum absolute atomic E-state index is 0.538. The van der Waals surface area contributed by atoms with E-state index in [2.05, 4.69) is 0 Å². The van der Waals surface area contributed by atoms with Gasteiger partial charge in [-0.15, -0.1) is 11.6 Å². The van der Waals surface area contributed by atoms with E-state index in [-0.39, 0.29) is 0 Å². The van der Waals surface area contributed by atoms with E-state index in [0.717, 1.165) is 18.9 Å². The number of ether oxygens (including phenoxy) is 1. The van der Waals surface area contributed by atoms with Crippen LogP contribution in [0.3, 0.4) is 0 Å². The summed E-state index contributed by atoms with van der Waals surface area (Å²) in [7, 11) is 0. The molecule has 1 rings (SSSR count). The van der Waals surface area contributed by atoms with Gasteiger partial charge in [0.05, 0.1) is 6.10 Å². The molecule has 0 N–H and O–H groups in total. The summed E-state index contributed by atoms with van der Waals surface area (Å²) in [5.74, 6) is 0.729. The van der Waals surface area contributed by atoms with Gasteiger partial charge in [-0.2, -0.15) is 0 Å². The SMILES string of the molecule is ClCCCOC1CCCCCC1. The lowest BCUT2D eigenvalue weighted by molar-refractivity contribution is 0.0440. The highest BCUT2D eigenvalue weighted by molar-refractivity contribution is 6.17. The predicted octanol–water partition coefficient (Wildman–Crippen LogP) is 3.35. The lowest BCUT2D eigenvalue weighted by Gasteiger charge is -2.14. The highest BCUT2D eigenvalue weighted by atomic mass is 35.5. The minimum atomic E-state index is 0.538. The molecule has 0 bridgehead atoms. The predicted molar refractivity (Wildman–Crippen MR) is 52.8 cm³/mol. The van der Waals surface area contributed by atoms with Gasteiger partial charge in [0.2, 0.25) is 0 Å². The molecular weight excluding hydrogens is 172 g/mol. The van der Waals surface area contributed by atoms with Crippen molar-refractivity contribution in [2.45, 2.75) is 51.0 Å². The zero-order chi connectivity index (χ0) is 8.65. The first-order valence-electron chi connectivity index (χ1n) is 5.11. The van der Waals surface area contributed by atoms with Crippen LogP contribution in [0.4, 0.5) is 0 Å². The summed E-state index contributed by atoms with van der Waals surface area (Å²) in [6.45, 7) is 0.855. The van der Waals surface area contributed by atoms with Crippen molar-refractivity contribution < 1.29 is 4.74 Å². The van der Waals surface area contributed by atoms with Crippen LogP contribution in [0.5, 0.6) is 0 Å². The molecule has 0 aromatic heterocycles. The van der Waals surface area contributed by atoms with Gasteiger partial charge in [0.15, 0.2) is 0 Å². The molecule has 0 radical (unpaired) electrons. The summed E-state index contributed by atoms with van der Waals surface area (Å²) < 4.78 is 5.72. The first kappa shape index (κ1) is 10.3. The smallest absolute Gasteiger partial charge is 0.0575 e. The standard InChI is InChI=1S/C10H19ClO/c11-8-5-9-12-10-6-3-1-2-4-7-10/h10H,1-9H2. The zero-order valence-corrected chi connectivity index (χ0v) is 8.48.